The number of hydrogen-bond donors (Lipinski definition) is 1. The third kappa shape index (κ3) is 3.10. The van der Waals surface area contributed by atoms with Gasteiger partial charge in [0.25, 0.3) is 0 Å². The average Bonchev–Trinajstić information content (AvgIpc) is 2.72. The van der Waals surface area contributed by atoms with Crippen molar-refractivity contribution in [1.82, 2.24) is 9.97 Å². The van der Waals surface area contributed by atoms with E-state index < -0.39 is 0 Å². The normalized spacial score (nSPS) is 15.3. The van der Waals surface area contributed by atoms with Crippen LogP contribution < -0.4 is 5.73 Å². The molecule has 3 nitrogen and oxygen atoms in total. The number of benzene rings is 2. The first-order chi connectivity index (χ1) is 14.0. The van der Waals surface area contributed by atoms with Crippen LogP contribution in [0.25, 0.3) is 33.3 Å². The van der Waals surface area contributed by atoms with Crippen LogP contribution in [-0.2, 0) is 5.54 Å². The van der Waals surface area contributed by atoms with Crippen LogP contribution in [0.15, 0.2) is 66.9 Å². The van der Waals surface area contributed by atoms with E-state index in [1.165, 1.54) is 24.1 Å². The van der Waals surface area contributed by atoms with Gasteiger partial charge < -0.3 is 5.73 Å². The number of halogens is 1. The molecule has 1 aliphatic carbocycles. The molecule has 2 aromatic carbocycles. The fourth-order valence-corrected chi connectivity index (χ4v) is 4.11. The summed E-state index contributed by atoms with van der Waals surface area (Å²) in [6, 6.07) is 19.0. The molecule has 2 N–H and O–H groups in total. The van der Waals surface area contributed by atoms with Gasteiger partial charge in [-0.1, -0.05) is 36.4 Å². The summed E-state index contributed by atoms with van der Waals surface area (Å²) >= 11 is 0. The molecule has 0 saturated heterocycles. The second-order valence-corrected chi connectivity index (χ2v) is 7.94. The summed E-state index contributed by atoms with van der Waals surface area (Å²) in [5.41, 5.74) is 13.1. The predicted octanol–water partition coefficient (Wildman–Crippen LogP) is 5.75. The van der Waals surface area contributed by atoms with E-state index in [-0.39, 0.29) is 11.4 Å². The van der Waals surface area contributed by atoms with Crippen LogP contribution in [0.5, 0.6) is 0 Å². The van der Waals surface area contributed by atoms with Crippen LogP contribution in [0.3, 0.4) is 0 Å². The number of nitrogens with zero attached hydrogens (tertiary/aromatic N) is 2. The van der Waals surface area contributed by atoms with E-state index in [1.54, 1.807) is 18.3 Å². The number of fused-ring (bicyclic) bond motifs is 1. The van der Waals surface area contributed by atoms with Crippen molar-refractivity contribution in [1.29, 1.82) is 0 Å². The van der Waals surface area contributed by atoms with E-state index >= 15 is 0 Å². The first-order valence-corrected chi connectivity index (χ1v) is 9.96. The Kier molecular flexibility index (Phi) is 4.18. The molecule has 0 radical (unpaired) electrons. The van der Waals surface area contributed by atoms with E-state index in [0.29, 0.717) is 0 Å². The lowest BCUT2D eigenvalue weighted by Crippen LogP contribution is -2.43. The third-order valence-corrected chi connectivity index (χ3v) is 6.08. The highest BCUT2D eigenvalue weighted by molar-refractivity contribution is 5.92. The zero-order valence-corrected chi connectivity index (χ0v) is 16.3. The molecule has 1 aliphatic rings. The number of rotatable bonds is 3. The Hall–Kier alpha value is -3.11. The van der Waals surface area contributed by atoms with Crippen LogP contribution in [0.4, 0.5) is 4.39 Å². The van der Waals surface area contributed by atoms with Gasteiger partial charge in [0.1, 0.15) is 5.82 Å². The smallest absolute Gasteiger partial charge is 0.123 e. The van der Waals surface area contributed by atoms with E-state index in [9.17, 15) is 4.39 Å². The van der Waals surface area contributed by atoms with Crippen molar-refractivity contribution >= 4 is 10.9 Å². The molecule has 144 valence electrons. The summed E-state index contributed by atoms with van der Waals surface area (Å²) in [5, 5.41) is 1.00. The van der Waals surface area contributed by atoms with Gasteiger partial charge >= 0.3 is 0 Å². The summed E-state index contributed by atoms with van der Waals surface area (Å²) in [5.74, 6) is -0.250. The summed E-state index contributed by atoms with van der Waals surface area (Å²) in [6.45, 7) is 1.98. The molecule has 2 heterocycles. The maximum Gasteiger partial charge on any atom is 0.123 e. The summed E-state index contributed by atoms with van der Waals surface area (Å²) in [4.78, 5) is 9.37. The lowest BCUT2D eigenvalue weighted by molar-refractivity contribution is 0.253. The molecule has 0 bridgehead atoms. The molecule has 0 spiro atoms. The van der Waals surface area contributed by atoms with Gasteiger partial charge in [-0.05, 0) is 61.6 Å². The van der Waals surface area contributed by atoms with Crippen LogP contribution in [0.1, 0.15) is 30.5 Å². The molecular formula is C25H22FN3. The topological polar surface area (TPSA) is 51.8 Å². The molecule has 0 atom stereocenters. The van der Waals surface area contributed by atoms with Gasteiger partial charge in [-0.2, -0.15) is 0 Å². The maximum atomic E-state index is 13.5. The van der Waals surface area contributed by atoms with Crippen molar-refractivity contribution in [3.63, 3.8) is 0 Å². The minimum absolute atomic E-state index is 0.183. The molecule has 0 aliphatic heterocycles. The highest BCUT2D eigenvalue weighted by atomic mass is 19.1. The van der Waals surface area contributed by atoms with Crippen LogP contribution >= 0.6 is 0 Å². The fourth-order valence-electron chi connectivity index (χ4n) is 4.11. The minimum Gasteiger partial charge on any atom is -0.321 e. The van der Waals surface area contributed by atoms with E-state index in [4.69, 9.17) is 10.7 Å². The Balaban J connectivity index is 1.69. The number of aryl methyl sites for hydroxylation is 1. The van der Waals surface area contributed by atoms with Gasteiger partial charge in [0.15, 0.2) is 0 Å². The summed E-state index contributed by atoms with van der Waals surface area (Å²) < 4.78 is 13.5. The molecule has 4 heteroatoms. The van der Waals surface area contributed by atoms with Gasteiger partial charge in [-0.3, -0.25) is 4.98 Å². The van der Waals surface area contributed by atoms with Crippen molar-refractivity contribution < 1.29 is 4.39 Å². The SMILES string of the molecule is Cc1nccc2nc(-c3ccc(C4(N)CCC4)cc3)c(-c3ccc(F)cc3)cc12. The van der Waals surface area contributed by atoms with Gasteiger partial charge in [0, 0.05) is 33.9 Å². The molecule has 5 rings (SSSR count). The third-order valence-electron chi connectivity index (χ3n) is 6.08. The Bertz CT molecular complexity index is 1190. The Morgan fingerprint density at radius 3 is 2.28 bits per heavy atom. The van der Waals surface area contributed by atoms with Crippen LogP contribution in [0, 0.1) is 12.7 Å². The number of hydrogen-bond acceptors (Lipinski definition) is 3. The second-order valence-electron chi connectivity index (χ2n) is 7.94. The number of nitrogens with two attached hydrogens (primary N) is 1. The van der Waals surface area contributed by atoms with Crippen molar-refractivity contribution in [2.24, 2.45) is 5.73 Å². The highest BCUT2D eigenvalue weighted by Gasteiger charge is 2.34. The second kappa shape index (κ2) is 6.75. The maximum absolute atomic E-state index is 13.5. The standard InChI is InChI=1S/C25H22FN3/c1-16-21-15-22(17-5-9-20(26)10-6-17)24(29-23(21)11-14-28-16)18-3-7-19(8-4-18)25(27)12-2-13-25/h3-11,14-15H,2,12-13,27H2,1H3. The number of pyridine rings is 2. The lowest BCUT2D eigenvalue weighted by Gasteiger charge is -2.38. The zero-order chi connectivity index (χ0) is 20.0. The molecule has 0 amide bonds. The lowest BCUT2D eigenvalue weighted by atomic mass is 9.72. The molecule has 2 aromatic heterocycles. The van der Waals surface area contributed by atoms with E-state index in [1.807, 2.05) is 13.0 Å². The van der Waals surface area contributed by atoms with Gasteiger partial charge in [0.2, 0.25) is 0 Å². The average molecular weight is 383 g/mol. The van der Waals surface area contributed by atoms with Crippen molar-refractivity contribution in [2.75, 3.05) is 0 Å². The number of aromatic nitrogens is 2. The van der Waals surface area contributed by atoms with Gasteiger partial charge in [-0.15, -0.1) is 0 Å². The highest BCUT2D eigenvalue weighted by Crippen LogP contribution is 2.40. The Morgan fingerprint density at radius 2 is 1.62 bits per heavy atom. The van der Waals surface area contributed by atoms with Crippen LogP contribution in [0.2, 0.25) is 0 Å². The monoisotopic (exact) mass is 383 g/mol. The molecule has 1 saturated carbocycles. The van der Waals surface area contributed by atoms with Crippen molar-refractivity contribution in [3.05, 3.63) is 83.9 Å². The molecular weight excluding hydrogens is 361 g/mol. The quantitative estimate of drug-likeness (QED) is 0.490. The fraction of sp³-hybridized carbons (Fsp3) is 0.200. The first kappa shape index (κ1) is 18.0. The first-order valence-electron chi connectivity index (χ1n) is 9.96. The molecule has 29 heavy (non-hydrogen) atoms. The summed E-state index contributed by atoms with van der Waals surface area (Å²) in [7, 11) is 0. The molecule has 1 fully saturated rings. The van der Waals surface area contributed by atoms with Gasteiger partial charge in [-0.25, -0.2) is 9.37 Å². The Labute approximate surface area is 169 Å². The summed E-state index contributed by atoms with van der Waals surface area (Å²) in [6.07, 6.45) is 5.04. The molecule has 0 unspecified atom stereocenters. The van der Waals surface area contributed by atoms with Crippen molar-refractivity contribution in [3.8, 4) is 22.4 Å². The largest absolute Gasteiger partial charge is 0.321 e. The van der Waals surface area contributed by atoms with E-state index in [0.717, 1.165) is 51.8 Å². The van der Waals surface area contributed by atoms with Crippen LogP contribution in [-0.4, -0.2) is 9.97 Å². The van der Waals surface area contributed by atoms with Crippen molar-refractivity contribution in [2.45, 2.75) is 31.7 Å². The predicted molar refractivity (Wildman–Crippen MR) is 115 cm³/mol. The Morgan fingerprint density at radius 1 is 0.931 bits per heavy atom. The van der Waals surface area contributed by atoms with E-state index in [2.05, 4.69) is 35.3 Å². The zero-order valence-electron chi connectivity index (χ0n) is 16.3. The molecule has 4 aromatic rings. The minimum atomic E-state index is -0.250. The van der Waals surface area contributed by atoms with Gasteiger partial charge in [0.05, 0.1) is 11.2 Å².